The Morgan fingerprint density at radius 3 is 1.57 bits per heavy atom. The minimum atomic E-state index is -2.77. The molecule has 0 aliphatic heterocycles. The highest BCUT2D eigenvalue weighted by atomic mass is 28.4. The van der Waals surface area contributed by atoms with Gasteiger partial charge in [0.2, 0.25) is 0 Å². The molecular formula is C9H21FO3Si. The molecule has 0 aliphatic rings. The van der Waals surface area contributed by atoms with Crippen LogP contribution in [0.2, 0.25) is 5.54 Å². The first-order valence-electron chi connectivity index (χ1n) is 5.14. The van der Waals surface area contributed by atoms with E-state index in [-0.39, 0.29) is 5.54 Å². The number of hydrogen-bond acceptors (Lipinski definition) is 3. The summed E-state index contributed by atoms with van der Waals surface area (Å²) < 4.78 is 29.2. The maximum atomic E-state index is 12.6. The Morgan fingerprint density at radius 2 is 1.36 bits per heavy atom. The predicted octanol–water partition coefficient (Wildman–Crippen LogP) is 2.39. The summed E-state index contributed by atoms with van der Waals surface area (Å²) in [6.45, 7) is 8.39. The molecule has 86 valence electrons. The van der Waals surface area contributed by atoms with Crippen molar-refractivity contribution in [1.82, 2.24) is 0 Å². The molecule has 0 aromatic heterocycles. The highest BCUT2D eigenvalue weighted by Gasteiger charge is 2.46. The Kier molecular flexibility index (Phi) is 7.35. The number of halogens is 1. The van der Waals surface area contributed by atoms with Crippen LogP contribution in [0.25, 0.3) is 0 Å². The third-order valence-electron chi connectivity index (χ3n) is 1.87. The van der Waals surface area contributed by atoms with Gasteiger partial charge in [0, 0.05) is 19.8 Å². The van der Waals surface area contributed by atoms with E-state index in [2.05, 4.69) is 0 Å². The Bertz CT molecular complexity index is 129. The standard InChI is InChI=1S/C9H21FO3Si/c1-5-11-14(12-6-2,13-7-3)9(4)8-10/h9H,5-8H2,1-4H3. The molecule has 3 nitrogen and oxygen atoms in total. The molecule has 0 rings (SSSR count). The largest absolute Gasteiger partial charge is 0.506 e. The third kappa shape index (κ3) is 3.65. The molecule has 5 heteroatoms. The summed E-state index contributed by atoms with van der Waals surface area (Å²) in [6, 6.07) is 0. The van der Waals surface area contributed by atoms with Gasteiger partial charge in [-0.1, -0.05) is 6.92 Å². The number of rotatable bonds is 8. The lowest BCUT2D eigenvalue weighted by Gasteiger charge is -2.31. The first-order valence-corrected chi connectivity index (χ1v) is 6.94. The highest BCUT2D eigenvalue weighted by molar-refractivity contribution is 6.62. The van der Waals surface area contributed by atoms with Gasteiger partial charge in [-0.2, -0.15) is 0 Å². The Balaban J connectivity index is 4.53. The van der Waals surface area contributed by atoms with E-state index < -0.39 is 15.5 Å². The summed E-state index contributed by atoms with van der Waals surface area (Å²) in [4.78, 5) is 0. The molecule has 14 heavy (non-hydrogen) atoms. The van der Waals surface area contributed by atoms with Crippen molar-refractivity contribution in [2.75, 3.05) is 26.5 Å². The summed E-state index contributed by atoms with van der Waals surface area (Å²) in [5.41, 5.74) is -0.289. The lowest BCUT2D eigenvalue weighted by molar-refractivity contribution is 0.0597. The molecule has 0 N–H and O–H groups in total. The van der Waals surface area contributed by atoms with Crippen LogP contribution in [0.5, 0.6) is 0 Å². The van der Waals surface area contributed by atoms with Crippen LogP contribution in [-0.4, -0.2) is 35.3 Å². The van der Waals surface area contributed by atoms with Crippen molar-refractivity contribution in [1.29, 1.82) is 0 Å². The number of hydrogen-bond donors (Lipinski definition) is 0. The fourth-order valence-corrected chi connectivity index (χ4v) is 3.75. The molecule has 0 aromatic carbocycles. The van der Waals surface area contributed by atoms with E-state index in [4.69, 9.17) is 13.3 Å². The van der Waals surface area contributed by atoms with Crippen LogP contribution in [-0.2, 0) is 13.3 Å². The molecule has 1 atom stereocenters. The third-order valence-corrected chi connectivity index (χ3v) is 5.31. The van der Waals surface area contributed by atoms with Crippen LogP contribution in [0.15, 0.2) is 0 Å². The quantitative estimate of drug-likeness (QED) is 0.593. The van der Waals surface area contributed by atoms with Gasteiger partial charge >= 0.3 is 8.80 Å². The van der Waals surface area contributed by atoms with Gasteiger partial charge < -0.3 is 13.3 Å². The van der Waals surface area contributed by atoms with E-state index in [1.165, 1.54) is 0 Å². The predicted molar refractivity (Wildman–Crippen MR) is 56.0 cm³/mol. The van der Waals surface area contributed by atoms with Crippen LogP contribution in [0.3, 0.4) is 0 Å². The van der Waals surface area contributed by atoms with Gasteiger partial charge in [0.1, 0.15) is 0 Å². The molecule has 0 spiro atoms. The van der Waals surface area contributed by atoms with E-state index in [0.717, 1.165) is 0 Å². The maximum absolute atomic E-state index is 12.6. The normalized spacial score (nSPS) is 14.4. The molecule has 0 saturated heterocycles. The maximum Gasteiger partial charge on any atom is 0.506 e. The lowest BCUT2D eigenvalue weighted by atomic mass is 10.5. The van der Waals surface area contributed by atoms with Crippen LogP contribution in [0, 0.1) is 0 Å². The second-order valence-corrected chi connectivity index (χ2v) is 6.02. The summed E-state index contributed by atoms with van der Waals surface area (Å²) in [7, 11) is -2.77. The first-order chi connectivity index (χ1) is 6.66. The minimum absolute atomic E-state index is 0.289. The van der Waals surface area contributed by atoms with E-state index in [1.54, 1.807) is 6.92 Å². The lowest BCUT2D eigenvalue weighted by Crippen LogP contribution is -2.50. The van der Waals surface area contributed by atoms with Gasteiger partial charge in [-0.25, -0.2) is 0 Å². The highest BCUT2D eigenvalue weighted by Crippen LogP contribution is 2.25. The molecule has 0 heterocycles. The molecular weight excluding hydrogens is 203 g/mol. The number of alkyl halides is 1. The van der Waals surface area contributed by atoms with Crippen molar-refractivity contribution in [2.24, 2.45) is 0 Å². The van der Waals surface area contributed by atoms with Gasteiger partial charge in [-0.05, 0) is 20.8 Å². The average Bonchev–Trinajstić information content (AvgIpc) is 2.17. The van der Waals surface area contributed by atoms with E-state index in [0.29, 0.717) is 19.8 Å². The summed E-state index contributed by atoms with van der Waals surface area (Å²) in [6.07, 6.45) is 0. The molecule has 0 radical (unpaired) electrons. The van der Waals surface area contributed by atoms with Crippen molar-refractivity contribution in [3.63, 3.8) is 0 Å². The van der Waals surface area contributed by atoms with Crippen LogP contribution < -0.4 is 0 Å². The van der Waals surface area contributed by atoms with Gasteiger partial charge in [-0.15, -0.1) is 0 Å². The second kappa shape index (κ2) is 7.34. The van der Waals surface area contributed by atoms with Crippen molar-refractivity contribution >= 4 is 8.80 Å². The second-order valence-electron chi connectivity index (χ2n) is 2.96. The van der Waals surface area contributed by atoms with Gasteiger partial charge in [0.15, 0.2) is 0 Å². The van der Waals surface area contributed by atoms with Crippen LogP contribution >= 0.6 is 0 Å². The SMILES string of the molecule is CCO[Si](OCC)(OCC)C(C)CF. The zero-order valence-corrected chi connectivity index (χ0v) is 10.5. The van der Waals surface area contributed by atoms with E-state index in [9.17, 15) is 4.39 Å². The van der Waals surface area contributed by atoms with Gasteiger partial charge in [0.25, 0.3) is 0 Å². The van der Waals surface area contributed by atoms with Gasteiger partial charge in [-0.3, -0.25) is 4.39 Å². The summed E-state index contributed by atoms with van der Waals surface area (Å²) in [5.74, 6) is 0. The molecule has 0 amide bonds. The molecule has 1 unspecified atom stereocenters. The zero-order valence-electron chi connectivity index (χ0n) is 9.51. The molecule has 0 aliphatic carbocycles. The Hall–Kier alpha value is 0.0269. The average molecular weight is 224 g/mol. The first kappa shape index (κ1) is 14.0. The molecule has 0 fully saturated rings. The Morgan fingerprint density at radius 1 is 1.00 bits per heavy atom. The van der Waals surface area contributed by atoms with Gasteiger partial charge in [0.05, 0.1) is 12.2 Å². The van der Waals surface area contributed by atoms with Crippen molar-refractivity contribution in [2.45, 2.75) is 33.2 Å². The van der Waals surface area contributed by atoms with Crippen LogP contribution in [0.4, 0.5) is 4.39 Å². The van der Waals surface area contributed by atoms with E-state index >= 15 is 0 Å². The van der Waals surface area contributed by atoms with Crippen LogP contribution in [0.1, 0.15) is 27.7 Å². The van der Waals surface area contributed by atoms with Crippen molar-refractivity contribution < 1.29 is 17.7 Å². The summed E-state index contributed by atoms with van der Waals surface area (Å²) in [5, 5.41) is 0. The molecule has 0 aromatic rings. The smallest absolute Gasteiger partial charge is 0.374 e. The van der Waals surface area contributed by atoms with Crippen molar-refractivity contribution in [3.05, 3.63) is 0 Å². The summed E-state index contributed by atoms with van der Waals surface area (Å²) >= 11 is 0. The molecule has 0 bridgehead atoms. The Labute approximate surface area is 86.9 Å². The fourth-order valence-electron chi connectivity index (χ4n) is 1.25. The van der Waals surface area contributed by atoms with Crippen molar-refractivity contribution in [3.8, 4) is 0 Å². The minimum Gasteiger partial charge on any atom is -0.374 e. The topological polar surface area (TPSA) is 27.7 Å². The van der Waals surface area contributed by atoms with E-state index in [1.807, 2.05) is 20.8 Å². The molecule has 0 saturated carbocycles. The zero-order chi connectivity index (χ0) is 11.0. The monoisotopic (exact) mass is 224 g/mol. The fraction of sp³-hybridized carbons (Fsp3) is 1.00.